The number of hydrogen-bond donors (Lipinski definition) is 2. The Labute approximate surface area is 129 Å². The number of hydrogen-bond acceptors (Lipinski definition) is 4. The highest BCUT2D eigenvalue weighted by atomic mass is 19.1. The second-order valence-electron chi connectivity index (χ2n) is 4.30. The second kappa shape index (κ2) is 7.64. The van der Waals surface area contributed by atoms with Crippen LogP contribution in [0.15, 0.2) is 42.5 Å². The summed E-state index contributed by atoms with van der Waals surface area (Å²) in [6.45, 7) is 1.26. The van der Waals surface area contributed by atoms with Gasteiger partial charge in [0.2, 0.25) is 0 Å². The van der Waals surface area contributed by atoms with Crippen LogP contribution in [0.4, 0.5) is 10.1 Å². The van der Waals surface area contributed by atoms with Gasteiger partial charge in [0.25, 0.3) is 5.69 Å². The number of para-hydroxylation sites is 1. The van der Waals surface area contributed by atoms with Gasteiger partial charge in [-0.2, -0.15) is 0 Å². The lowest BCUT2D eigenvalue weighted by Crippen LogP contribution is -2.09. The van der Waals surface area contributed by atoms with Gasteiger partial charge >= 0.3 is 11.9 Å². The molecule has 0 radical (unpaired) electrons. The minimum atomic E-state index is -1.47. The van der Waals surface area contributed by atoms with Gasteiger partial charge in [0.05, 0.1) is 16.1 Å². The summed E-state index contributed by atoms with van der Waals surface area (Å²) >= 11 is 0. The van der Waals surface area contributed by atoms with Gasteiger partial charge in [0.1, 0.15) is 5.82 Å². The zero-order valence-corrected chi connectivity index (χ0v) is 11.9. The Morgan fingerprint density at radius 1 is 1.04 bits per heavy atom. The van der Waals surface area contributed by atoms with Crippen LogP contribution >= 0.6 is 0 Å². The number of carbonyl (C=O) groups is 2. The molecular weight excluding hydrogens is 309 g/mol. The monoisotopic (exact) mass is 321 g/mol. The van der Waals surface area contributed by atoms with E-state index in [0.29, 0.717) is 0 Å². The molecule has 2 aromatic rings. The molecule has 0 heterocycles. The zero-order chi connectivity index (χ0) is 17.6. The van der Waals surface area contributed by atoms with Crippen LogP contribution in [0, 0.1) is 22.9 Å². The maximum Gasteiger partial charge on any atom is 0.338 e. The fraction of sp³-hybridized carbons (Fsp3) is 0.0667. The lowest BCUT2D eigenvalue weighted by Gasteiger charge is -2.05. The van der Waals surface area contributed by atoms with Crippen molar-refractivity contribution in [2.45, 2.75) is 6.92 Å². The molecule has 2 N–H and O–H groups in total. The van der Waals surface area contributed by atoms with Crippen molar-refractivity contribution in [3.8, 4) is 0 Å². The van der Waals surface area contributed by atoms with Crippen molar-refractivity contribution in [3.05, 3.63) is 75.1 Å². The van der Waals surface area contributed by atoms with E-state index in [0.717, 1.165) is 12.1 Å². The molecule has 0 bridgehead atoms. The Morgan fingerprint density at radius 2 is 1.61 bits per heavy atom. The first-order valence-corrected chi connectivity index (χ1v) is 6.20. The van der Waals surface area contributed by atoms with E-state index < -0.39 is 28.2 Å². The summed E-state index contributed by atoms with van der Waals surface area (Å²) in [5.41, 5.74) is -0.740. The smallest absolute Gasteiger partial charge is 0.338 e. The van der Waals surface area contributed by atoms with Gasteiger partial charge < -0.3 is 10.2 Å². The van der Waals surface area contributed by atoms with Crippen LogP contribution in [0.1, 0.15) is 26.3 Å². The summed E-state index contributed by atoms with van der Waals surface area (Å²) in [7, 11) is 0. The van der Waals surface area contributed by atoms with Gasteiger partial charge in [-0.1, -0.05) is 18.2 Å². The van der Waals surface area contributed by atoms with E-state index in [1.165, 1.54) is 19.1 Å². The van der Waals surface area contributed by atoms with E-state index in [1.54, 1.807) is 18.2 Å². The third kappa shape index (κ3) is 4.60. The van der Waals surface area contributed by atoms with Crippen molar-refractivity contribution >= 4 is 17.6 Å². The highest BCUT2D eigenvalue weighted by molar-refractivity contribution is 5.96. The van der Waals surface area contributed by atoms with E-state index in [-0.39, 0.29) is 16.8 Å². The number of non-ortho nitro benzene ring substituents is 1. The molecule has 0 fully saturated rings. The first-order valence-electron chi connectivity index (χ1n) is 6.20. The van der Waals surface area contributed by atoms with Gasteiger partial charge in [-0.05, 0) is 24.6 Å². The van der Waals surface area contributed by atoms with Crippen molar-refractivity contribution in [2.24, 2.45) is 0 Å². The Kier molecular flexibility index (Phi) is 5.90. The molecule has 8 heteroatoms. The molecule has 0 spiro atoms. The van der Waals surface area contributed by atoms with Gasteiger partial charge in [0.15, 0.2) is 0 Å². The molecule has 2 rings (SSSR count). The molecule has 2 aromatic carbocycles. The third-order valence-electron chi connectivity index (χ3n) is 2.83. The molecule has 0 atom stereocenters. The molecule has 0 unspecified atom stereocenters. The number of nitro groups is 1. The van der Waals surface area contributed by atoms with Crippen LogP contribution in [0.2, 0.25) is 0 Å². The minimum absolute atomic E-state index is 0.0787. The molecule has 0 aliphatic heterocycles. The maximum atomic E-state index is 13.0. The van der Waals surface area contributed by atoms with Crippen molar-refractivity contribution in [1.29, 1.82) is 0 Å². The molecule has 0 aliphatic carbocycles. The minimum Gasteiger partial charge on any atom is -0.478 e. The van der Waals surface area contributed by atoms with Gasteiger partial charge in [-0.3, -0.25) is 10.1 Å². The van der Waals surface area contributed by atoms with Crippen LogP contribution < -0.4 is 0 Å². The van der Waals surface area contributed by atoms with E-state index >= 15 is 0 Å². The largest absolute Gasteiger partial charge is 0.478 e. The Morgan fingerprint density at radius 3 is 2.00 bits per heavy atom. The standard InChI is InChI=1S/C9H7FO4.C6H5NO2/c1-4-5(8(11)12)2-3-6(10)7(4)9(13)14;8-7(9)6-4-2-1-3-5-6/h2-3H,1H3,(H,11,12)(H,13,14);1-5H. The number of rotatable bonds is 3. The number of benzene rings is 2. The van der Waals surface area contributed by atoms with Crippen LogP contribution in [0.5, 0.6) is 0 Å². The summed E-state index contributed by atoms with van der Waals surface area (Å²) in [5, 5.41) is 27.3. The SMILES string of the molecule is Cc1c(C(=O)O)ccc(F)c1C(=O)O.O=[N+]([O-])c1ccccc1. The number of carboxylic acid groups (broad SMARTS) is 2. The van der Waals surface area contributed by atoms with Crippen LogP contribution in [0.3, 0.4) is 0 Å². The number of halogens is 1. The van der Waals surface area contributed by atoms with Crippen LogP contribution in [0.25, 0.3) is 0 Å². The highest BCUT2D eigenvalue weighted by Crippen LogP contribution is 2.17. The summed E-state index contributed by atoms with van der Waals surface area (Å²) in [6.07, 6.45) is 0. The summed E-state index contributed by atoms with van der Waals surface area (Å²) in [4.78, 5) is 30.8. The Balaban J connectivity index is 0.000000253. The zero-order valence-electron chi connectivity index (χ0n) is 11.9. The van der Waals surface area contributed by atoms with Gasteiger partial charge in [-0.25, -0.2) is 14.0 Å². The Bertz CT molecular complexity index is 745. The average molecular weight is 321 g/mol. The molecule has 0 amide bonds. The van der Waals surface area contributed by atoms with Crippen molar-refractivity contribution in [3.63, 3.8) is 0 Å². The molecule has 0 saturated heterocycles. The van der Waals surface area contributed by atoms with Gasteiger partial charge in [-0.15, -0.1) is 0 Å². The molecule has 23 heavy (non-hydrogen) atoms. The topological polar surface area (TPSA) is 118 Å². The highest BCUT2D eigenvalue weighted by Gasteiger charge is 2.19. The number of nitrogens with zero attached hydrogens (tertiary/aromatic N) is 1. The lowest BCUT2D eigenvalue weighted by molar-refractivity contribution is -0.384. The van der Waals surface area contributed by atoms with E-state index in [2.05, 4.69) is 0 Å². The van der Waals surface area contributed by atoms with E-state index in [4.69, 9.17) is 10.2 Å². The number of nitro benzene ring substituents is 1. The molecule has 120 valence electrons. The first kappa shape index (κ1) is 17.8. The van der Waals surface area contributed by atoms with Crippen molar-refractivity contribution < 1.29 is 29.1 Å². The fourth-order valence-corrected chi connectivity index (χ4v) is 1.72. The van der Waals surface area contributed by atoms with Crippen LogP contribution in [-0.4, -0.2) is 27.1 Å². The second-order valence-corrected chi connectivity index (χ2v) is 4.30. The average Bonchev–Trinajstić information content (AvgIpc) is 2.48. The molecular formula is C15H12FNO6. The molecule has 0 saturated carbocycles. The molecule has 7 nitrogen and oxygen atoms in total. The lowest BCUT2D eigenvalue weighted by atomic mass is 10.0. The quantitative estimate of drug-likeness (QED) is 0.662. The summed E-state index contributed by atoms with van der Waals surface area (Å²) in [6, 6.07) is 9.81. The van der Waals surface area contributed by atoms with E-state index in [9.17, 15) is 24.1 Å². The fourth-order valence-electron chi connectivity index (χ4n) is 1.72. The van der Waals surface area contributed by atoms with Crippen molar-refractivity contribution in [1.82, 2.24) is 0 Å². The normalized spacial score (nSPS) is 9.48. The number of carboxylic acids is 2. The Hall–Kier alpha value is -3.29. The van der Waals surface area contributed by atoms with E-state index in [1.807, 2.05) is 0 Å². The van der Waals surface area contributed by atoms with Crippen molar-refractivity contribution in [2.75, 3.05) is 0 Å². The van der Waals surface area contributed by atoms with Gasteiger partial charge in [0, 0.05) is 12.1 Å². The maximum absolute atomic E-state index is 13.0. The molecule has 0 aromatic heterocycles. The summed E-state index contributed by atoms with van der Waals surface area (Å²) < 4.78 is 13.0. The molecule has 0 aliphatic rings. The third-order valence-corrected chi connectivity index (χ3v) is 2.83. The first-order chi connectivity index (χ1) is 10.8. The number of aromatic carboxylic acids is 2. The predicted molar refractivity (Wildman–Crippen MR) is 78.2 cm³/mol. The summed E-state index contributed by atoms with van der Waals surface area (Å²) in [5.74, 6) is -3.67. The predicted octanol–water partition coefficient (Wildman–Crippen LogP) is 3.13. The van der Waals surface area contributed by atoms with Crippen LogP contribution in [-0.2, 0) is 0 Å².